The van der Waals surface area contributed by atoms with Gasteiger partial charge in [0.2, 0.25) is 0 Å². The molecule has 6 heteroatoms. The maximum atomic E-state index is 12.7. The molecule has 196 valence electrons. The van der Waals surface area contributed by atoms with Crippen LogP contribution in [0.5, 0.6) is 0 Å². The number of aromatic nitrogens is 1. The Balaban J connectivity index is 0.00000137. The molecule has 3 aliphatic rings. The number of esters is 1. The summed E-state index contributed by atoms with van der Waals surface area (Å²) in [5.41, 5.74) is 5.62. The Hall–Kier alpha value is -3.12. The van der Waals surface area contributed by atoms with Crippen molar-refractivity contribution in [1.82, 2.24) is 9.47 Å². The van der Waals surface area contributed by atoms with E-state index >= 15 is 0 Å². The second kappa shape index (κ2) is 10.3. The van der Waals surface area contributed by atoms with Gasteiger partial charge in [-0.2, -0.15) is 0 Å². The summed E-state index contributed by atoms with van der Waals surface area (Å²) in [7, 11) is 3.44. The van der Waals surface area contributed by atoms with Crippen molar-refractivity contribution in [1.29, 1.82) is 0 Å². The molecule has 6 rings (SSSR count). The minimum absolute atomic E-state index is 0.201. The van der Waals surface area contributed by atoms with E-state index in [0.29, 0.717) is 16.9 Å². The summed E-state index contributed by atoms with van der Waals surface area (Å²) >= 11 is 0. The fourth-order valence-electron chi connectivity index (χ4n) is 6.26. The van der Waals surface area contributed by atoms with Crippen LogP contribution < -0.4 is 0 Å². The number of piperidine rings is 1. The van der Waals surface area contributed by atoms with Crippen molar-refractivity contribution < 1.29 is 19.1 Å². The van der Waals surface area contributed by atoms with Crippen LogP contribution in [0.1, 0.15) is 67.8 Å². The monoisotopic (exact) mass is 502 g/mol. The molecule has 0 radical (unpaired) electrons. The first kappa shape index (κ1) is 25.5. The second-order valence-corrected chi connectivity index (χ2v) is 10.4. The molecular formula is C31H38N2O4. The van der Waals surface area contributed by atoms with Gasteiger partial charge in [-0.25, -0.2) is 4.79 Å². The highest BCUT2D eigenvalue weighted by Gasteiger charge is 2.55. The molecule has 1 saturated carbocycles. The molecule has 2 aliphatic heterocycles. The van der Waals surface area contributed by atoms with Gasteiger partial charge in [-0.15, -0.1) is 0 Å². The summed E-state index contributed by atoms with van der Waals surface area (Å²) in [6.07, 6.45) is 5.07. The molecule has 2 aromatic carbocycles. The molecule has 2 saturated heterocycles. The summed E-state index contributed by atoms with van der Waals surface area (Å²) in [6, 6.07) is 16.8. The van der Waals surface area contributed by atoms with E-state index in [-0.39, 0.29) is 18.0 Å². The van der Waals surface area contributed by atoms with Gasteiger partial charge in [-0.3, -0.25) is 4.79 Å². The Kier molecular flexibility index (Phi) is 7.13. The summed E-state index contributed by atoms with van der Waals surface area (Å²) in [6.45, 7) is 6.44. The quantitative estimate of drug-likeness (QED) is 0.415. The molecule has 0 bridgehead atoms. The minimum atomic E-state index is -0.320. The van der Waals surface area contributed by atoms with Crippen LogP contribution in [-0.2, 0) is 21.3 Å². The lowest BCUT2D eigenvalue weighted by Gasteiger charge is -2.34. The van der Waals surface area contributed by atoms with Crippen LogP contribution in [0.3, 0.4) is 0 Å². The van der Waals surface area contributed by atoms with Gasteiger partial charge >= 0.3 is 5.97 Å². The Morgan fingerprint density at radius 2 is 1.76 bits per heavy atom. The van der Waals surface area contributed by atoms with E-state index in [1.165, 1.54) is 24.7 Å². The molecule has 1 aromatic heterocycles. The number of nitrogens with zero attached hydrogens (tertiary/aromatic N) is 2. The highest BCUT2D eigenvalue weighted by atomic mass is 16.5. The SMILES string of the molecule is CC.COC(=O)c1ccc2cc(-c3ccc(C4CC45CCN(C(=O)C4CCCO4)CC5)cc3)n(C)c2c1. The van der Waals surface area contributed by atoms with E-state index in [9.17, 15) is 9.59 Å². The third-order valence-corrected chi connectivity index (χ3v) is 8.54. The smallest absolute Gasteiger partial charge is 0.337 e. The van der Waals surface area contributed by atoms with Gasteiger partial charge in [0.25, 0.3) is 5.91 Å². The lowest BCUT2D eigenvalue weighted by molar-refractivity contribution is -0.142. The van der Waals surface area contributed by atoms with E-state index < -0.39 is 0 Å². The van der Waals surface area contributed by atoms with Gasteiger partial charge in [0.1, 0.15) is 6.10 Å². The van der Waals surface area contributed by atoms with E-state index in [2.05, 4.69) is 34.9 Å². The predicted molar refractivity (Wildman–Crippen MR) is 146 cm³/mol. The third kappa shape index (κ3) is 4.68. The number of carbonyl (C=O) groups is 2. The molecule has 2 unspecified atom stereocenters. The van der Waals surface area contributed by atoms with Crippen LogP contribution in [0.2, 0.25) is 0 Å². The van der Waals surface area contributed by atoms with Gasteiger partial charge in [-0.1, -0.05) is 44.2 Å². The zero-order valence-corrected chi connectivity index (χ0v) is 22.5. The topological polar surface area (TPSA) is 60.8 Å². The van der Waals surface area contributed by atoms with Crippen LogP contribution in [0.15, 0.2) is 48.5 Å². The zero-order chi connectivity index (χ0) is 26.2. The van der Waals surface area contributed by atoms with E-state index in [1.807, 2.05) is 44.0 Å². The molecule has 1 amide bonds. The van der Waals surface area contributed by atoms with Crippen LogP contribution in [0.25, 0.3) is 22.2 Å². The van der Waals surface area contributed by atoms with E-state index in [1.54, 1.807) is 0 Å². The molecule has 1 aliphatic carbocycles. The summed E-state index contributed by atoms with van der Waals surface area (Å²) in [4.78, 5) is 26.7. The average molecular weight is 503 g/mol. The Bertz CT molecular complexity index is 1280. The summed E-state index contributed by atoms with van der Waals surface area (Å²) in [5, 5.41) is 1.10. The van der Waals surface area contributed by atoms with E-state index in [4.69, 9.17) is 9.47 Å². The van der Waals surface area contributed by atoms with Crippen molar-refractivity contribution in [2.45, 2.75) is 58.0 Å². The Labute approximate surface area is 219 Å². The van der Waals surface area contributed by atoms with Crippen molar-refractivity contribution in [3.05, 3.63) is 59.7 Å². The van der Waals surface area contributed by atoms with Crippen LogP contribution in [0.4, 0.5) is 0 Å². The van der Waals surface area contributed by atoms with Crippen molar-refractivity contribution in [3.63, 3.8) is 0 Å². The van der Waals surface area contributed by atoms with Gasteiger partial charge in [0.05, 0.1) is 12.7 Å². The first-order valence-electron chi connectivity index (χ1n) is 13.7. The maximum Gasteiger partial charge on any atom is 0.337 e. The predicted octanol–water partition coefficient (Wildman–Crippen LogP) is 5.93. The largest absolute Gasteiger partial charge is 0.465 e. The van der Waals surface area contributed by atoms with Gasteiger partial charge < -0.3 is 18.9 Å². The number of fused-ring (bicyclic) bond motifs is 1. The number of methoxy groups -OCH3 is 1. The number of hydrogen-bond donors (Lipinski definition) is 0. The molecule has 0 N–H and O–H groups in total. The maximum absolute atomic E-state index is 12.7. The molecule has 2 atom stereocenters. The van der Waals surface area contributed by atoms with Gasteiger partial charge in [-0.05, 0) is 72.8 Å². The zero-order valence-electron chi connectivity index (χ0n) is 22.5. The van der Waals surface area contributed by atoms with Crippen LogP contribution >= 0.6 is 0 Å². The molecule has 3 fully saturated rings. The number of likely N-dealkylation sites (tertiary alicyclic amines) is 1. The molecule has 37 heavy (non-hydrogen) atoms. The highest BCUT2D eigenvalue weighted by Crippen LogP contribution is 2.65. The number of amides is 1. The minimum Gasteiger partial charge on any atom is -0.465 e. The highest BCUT2D eigenvalue weighted by molar-refractivity contribution is 5.96. The van der Waals surface area contributed by atoms with E-state index in [0.717, 1.165) is 62.0 Å². The molecule has 6 nitrogen and oxygen atoms in total. The first-order valence-corrected chi connectivity index (χ1v) is 13.7. The molecule has 3 heterocycles. The van der Waals surface area contributed by atoms with Crippen LogP contribution in [0, 0.1) is 5.41 Å². The fraction of sp³-hybridized carbons (Fsp3) is 0.484. The number of ether oxygens (including phenoxy) is 2. The lowest BCUT2D eigenvalue weighted by atomic mass is 9.88. The normalized spacial score (nSPS) is 22.0. The summed E-state index contributed by atoms with van der Waals surface area (Å²) in [5.74, 6) is 0.471. The Morgan fingerprint density at radius 1 is 1.03 bits per heavy atom. The molecule has 3 aromatic rings. The molecule has 1 spiro atoms. The Morgan fingerprint density at radius 3 is 2.41 bits per heavy atom. The van der Waals surface area contributed by atoms with Crippen molar-refractivity contribution in [3.8, 4) is 11.3 Å². The first-order chi connectivity index (χ1) is 18.0. The molecular weight excluding hydrogens is 464 g/mol. The van der Waals surface area contributed by atoms with Gasteiger partial charge in [0.15, 0.2) is 0 Å². The average Bonchev–Trinajstić information content (AvgIpc) is 3.26. The number of aryl methyl sites for hydroxylation is 1. The fourth-order valence-corrected chi connectivity index (χ4v) is 6.26. The van der Waals surface area contributed by atoms with Crippen LogP contribution in [-0.4, -0.2) is 54.3 Å². The van der Waals surface area contributed by atoms with Gasteiger partial charge in [0, 0.05) is 43.3 Å². The van der Waals surface area contributed by atoms with Crippen molar-refractivity contribution >= 4 is 22.8 Å². The second-order valence-electron chi connectivity index (χ2n) is 10.4. The third-order valence-electron chi connectivity index (χ3n) is 8.54. The number of benzene rings is 2. The van der Waals surface area contributed by atoms with Crippen molar-refractivity contribution in [2.75, 3.05) is 26.8 Å². The number of carbonyl (C=O) groups excluding carboxylic acids is 2. The number of hydrogen-bond acceptors (Lipinski definition) is 4. The number of rotatable bonds is 4. The lowest BCUT2D eigenvalue weighted by Crippen LogP contribution is -2.44. The summed E-state index contributed by atoms with van der Waals surface area (Å²) < 4.78 is 12.6. The van der Waals surface area contributed by atoms with Crippen molar-refractivity contribution in [2.24, 2.45) is 12.5 Å². The standard InChI is InChI=1S/C29H32N2O4.C2H6/c1-30-24(16-21-9-10-22(17-25(21)30)28(33)34-2)20-7-5-19(6-8-20)23-18-29(23)11-13-31(14-12-29)27(32)26-4-3-15-35-26;1-2/h5-10,16-17,23,26H,3-4,11-15,18H2,1-2H3;1-2H3.